The number of hydrogen-bond acceptors (Lipinski definition) is 2. The molecule has 0 rings (SSSR count). The van der Waals surface area contributed by atoms with Gasteiger partial charge in [-0.25, -0.2) is 0 Å². The highest BCUT2D eigenvalue weighted by Gasteiger charge is 2.05. The van der Waals surface area contributed by atoms with Gasteiger partial charge in [-0.1, -0.05) is 35.1 Å². The fraction of sp³-hybridized carbons (Fsp3) is 0.923. The number of carbonyl (C=O) groups excluding carboxylic acids is 1. The molecule has 0 amide bonds. The van der Waals surface area contributed by atoms with Gasteiger partial charge in [-0.2, -0.15) is 0 Å². The molecule has 0 N–H and O–H groups in total. The van der Waals surface area contributed by atoms with Crippen molar-refractivity contribution >= 4 is 5.78 Å². The molecule has 0 atom stereocenters. The number of Topliss-reactive ketones (excluding diaryl/α,β-unsaturated/α-hetero) is 1. The minimum atomic E-state index is 0. The average molecular weight is 216 g/mol. The smallest absolute Gasteiger partial charge is 0.137 e. The summed E-state index contributed by atoms with van der Waals surface area (Å²) in [7, 11) is 0. The number of rotatable bonds is 8. The Labute approximate surface area is 95.4 Å². The molecule has 2 nitrogen and oxygen atoms in total. The number of ether oxygens (including phenoxy) is 1. The SMILES string of the molecule is C.CC(C)CCCOCCC(=O)C(C)C. The van der Waals surface area contributed by atoms with Gasteiger partial charge in [-0.3, -0.25) is 4.79 Å². The number of hydrogen-bond donors (Lipinski definition) is 0. The Morgan fingerprint density at radius 3 is 2.20 bits per heavy atom. The van der Waals surface area contributed by atoms with Crippen LogP contribution in [0.5, 0.6) is 0 Å². The molecule has 0 aromatic carbocycles. The van der Waals surface area contributed by atoms with E-state index in [1.54, 1.807) is 0 Å². The average Bonchev–Trinajstić information content (AvgIpc) is 2.09. The number of carbonyl (C=O) groups is 1. The van der Waals surface area contributed by atoms with Gasteiger partial charge in [0.25, 0.3) is 0 Å². The molecule has 0 fully saturated rings. The molecule has 0 saturated heterocycles. The van der Waals surface area contributed by atoms with E-state index in [1.807, 2.05) is 13.8 Å². The summed E-state index contributed by atoms with van der Waals surface area (Å²) in [6.07, 6.45) is 2.88. The normalized spacial score (nSPS) is 10.5. The lowest BCUT2D eigenvalue weighted by atomic mass is 10.1. The lowest BCUT2D eigenvalue weighted by Crippen LogP contribution is -2.10. The first kappa shape index (κ1) is 17.0. The predicted molar refractivity (Wildman–Crippen MR) is 66.1 cm³/mol. The molecule has 0 aromatic rings. The lowest BCUT2D eigenvalue weighted by Gasteiger charge is -2.06. The summed E-state index contributed by atoms with van der Waals surface area (Å²) < 4.78 is 5.38. The zero-order chi connectivity index (χ0) is 11.0. The summed E-state index contributed by atoms with van der Waals surface area (Å²) in [6, 6.07) is 0. The van der Waals surface area contributed by atoms with Gasteiger partial charge in [-0.05, 0) is 18.8 Å². The third kappa shape index (κ3) is 11.6. The van der Waals surface area contributed by atoms with Crippen molar-refractivity contribution in [2.75, 3.05) is 13.2 Å². The Morgan fingerprint density at radius 2 is 1.73 bits per heavy atom. The molecular weight excluding hydrogens is 188 g/mol. The largest absolute Gasteiger partial charge is 0.381 e. The molecule has 0 aliphatic heterocycles. The predicted octanol–water partition coefficient (Wildman–Crippen LogP) is 3.69. The van der Waals surface area contributed by atoms with Crippen molar-refractivity contribution in [2.24, 2.45) is 11.8 Å². The summed E-state index contributed by atoms with van der Waals surface area (Å²) in [5, 5.41) is 0. The Balaban J connectivity index is 0. The van der Waals surface area contributed by atoms with Crippen molar-refractivity contribution in [1.29, 1.82) is 0 Å². The van der Waals surface area contributed by atoms with Gasteiger partial charge >= 0.3 is 0 Å². The quantitative estimate of drug-likeness (QED) is 0.578. The van der Waals surface area contributed by atoms with Crippen molar-refractivity contribution in [1.82, 2.24) is 0 Å². The van der Waals surface area contributed by atoms with E-state index in [0.717, 1.165) is 18.9 Å². The fourth-order valence-electron chi connectivity index (χ4n) is 1.16. The van der Waals surface area contributed by atoms with Gasteiger partial charge in [0.05, 0.1) is 6.61 Å². The Bertz CT molecular complexity index is 151. The summed E-state index contributed by atoms with van der Waals surface area (Å²) in [4.78, 5) is 11.2. The van der Waals surface area contributed by atoms with Crippen molar-refractivity contribution in [3.8, 4) is 0 Å². The van der Waals surface area contributed by atoms with Gasteiger partial charge in [0.15, 0.2) is 0 Å². The van der Waals surface area contributed by atoms with Crippen LogP contribution in [-0.2, 0) is 9.53 Å². The molecule has 15 heavy (non-hydrogen) atoms. The zero-order valence-electron chi connectivity index (χ0n) is 10.0. The van der Waals surface area contributed by atoms with Crippen molar-refractivity contribution in [2.45, 2.75) is 54.4 Å². The van der Waals surface area contributed by atoms with Crippen LogP contribution in [0.25, 0.3) is 0 Å². The monoisotopic (exact) mass is 216 g/mol. The van der Waals surface area contributed by atoms with Crippen molar-refractivity contribution in [3.63, 3.8) is 0 Å². The lowest BCUT2D eigenvalue weighted by molar-refractivity contribution is -0.122. The van der Waals surface area contributed by atoms with Crippen LogP contribution in [-0.4, -0.2) is 19.0 Å². The van der Waals surface area contributed by atoms with E-state index >= 15 is 0 Å². The first-order valence-electron chi connectivity index (χ1n) is 5.64. The topological polar surface area (TPSA) is 26.3 Å². The third-order valence-corrected chi connectivity index (χ3v) is 2.21. The van der Waals surface area contributed by atoms with E-state index in [9.17, 15) is 4.79 Å². The van der Waals surface area contributed by atoms with Crippen molar-refractivity contribution in [3.05, 3.63) is 0 Å². The van der Waals surface area contributed by atoms with E-state index in [-0.39, 0.29) is 13.3 Å². The van der Waals surface area contributed by atoms with Crippen LogP contribution in [0.1, 0.15) is 54.4 Å². The van der Waals surface area contributed by atoms with E-state index in [1.165, 1.54) is 6.42 Å². The molecule has 0 aliphatic rings. The van der Waals surface area contributed by atoms with E-state index < -0.39 is 0 Å². The second-order valence-corrected chi connectivity index (χ2v) is 4.52. The van der Waals surface area contributed by atoms with Gasteiger partial charge < -0.3 is 4.74 Å². The number of ketones is 1. The summed E-state index contributed by atoms with van der Waals surface area (Å²) >= 11 is 0. The molecule has 0 radical (unpaired) electrons. The molecule has 0 bridgehead atoms. The standard InChI is InChI=1S/C12H24O2.CH4/c1-10(2)6-5-8-14-9-7-12(13)11(3)4;/h10-11H,5-9H2,1-4H3;1H4. The van der Waals surface area contributed by atoms with Crippen LogP contribution in [0.3, 0.4) is 0 Å². The van der Waals surface area contributed by atoms with Crippen molar-refractivity contribution < 1.29 is 9.53 Å². The summed E-state index contributed by atoms with van der Waals surface area (Å²) in [5.41, 5.74) is 0. The Hall–Kier alpha value is -0.370. The van der Waals surface area contributed by atoms with Gasteiger partial charge in [0, 0.05) is 18.9 Å². The molecule has 2 heteroatoms. The van der Waals surface area contributed by atoms with Gasteiger partial charge in [-0.15, -0.1) is 0 Å². The van der Waals surface area contributed by atoms with Crippen LogP contribution in [0, 0.1) is 11.8 Å². The molecule has 0 aliphatic carbocycles. The van der Waals surface area contributed by atoms with Gasteiger partial charge in [0.1, 0.15) is 5.78 Å². The van der Waals surface area contributed by atoms with E-state index in [4.69, 9.17) is 4.74 Å². The molecule has 0 spiro atoms. The third-order valence-electron chi connectivity index (χ3n) is 2.21. The van der Waals surface area contributed by atoms with Gasteiger partial charge in [0.2, 0.25) is 0 Å². The maximum atomic E-state index is 11.2. The Kier molecular flexibility index (Phi) is 11.5. The highest BCUT2D eigenvalue weighted by Crippen LogP contribution is 2.04. The molecule has 0 saturated carbocycles. The zero-order valence-corrected chi connectivity index (χ0v) is 10.0. The fourth-order valence-corrected chi connectivity index (χ4v) is 1.16. The van der Waals surface area contributed by atoms with E-state index in [0.29, 0.717) is 18.8 Å². The molecule has 0 heterocycles. The summed E-state index contributed by atoms with van der Waals surface area (Å²) in [6.45, 7) is 9.67. The minimum Gasteiger partial charge on any atom is -0.381 e. The first-order chi connectivity index (χ1) is 6.54. The second kappa shape index (κ2) is 10.2. The van der Waals surface area contributed by atoms with Crippen LogP contribution in [0.15, 0.2) is 0 Å². The highest BCUT2D eigenvalue weighted by atomic mass is 16.5. The molecule has 92 valence electrons. The Morgan fingerprint density at radius 1 is 1.13 bits per heavy atom. The molecule has 0 unspecified atom stereocenters. The van der Waals surface area contributed by atoms with Crippen LogP contribution < -0.4 is 0 Å². The maximum absolute atomic E-state index is 11.2. The molecule has 0 aromatic heterocycles. The van der Waals surface area contributed by atoms with Crippen LogP contribution >= 0.6 is 0 Å². The van der Waals surface area contributed by atoms with Crippen LogP contribution in [0.4, 0.5) is 0 Å². The van der Waals surface area contributed by atoms with Crippen LogP contribution in [0.2, 0.25) is 0 Å². The first-order valence-corrected chi connectivity index (χ1v) is 5.64. The molecular formula is C13H28O2. The highest BCUT2D eigenvalue weighted by molar-refractivity contribution is 5.80. The summed E-state index contributed by atoms with van der Waals surface area (Å²) in [5.74, 6) is 1.19. The second-order valence-electron chi connectivity index (χ2n) is 4.52. The van der Waals surface area contributed by atoms with E-state index in [2.05, 4.69) is 13.8 Å². The maximum Gasteiger partial charge on any atom is 0.137 e. The minimum absolute atomic E-state index is 0.